The zero-order chi connectivity index (χ0) is 26.3. The van der Waals surface area contributed by atoms with E-state index < -0.39 is 28.5 Å². The minimum Gasteiger partial charge on any atom is -0.494 e. The Bertz CT molecular complexity index is 1140. The number of anilines is 1. The second-order valence-corrected chi connectivity index (χ2v) is 11.0. The van der Waals surface area contributed by atoms with Crippen LogP contribution in [-0.4, -0.2) is 56.6 Å². The average molecular weight is 545 g/mol. The maximum Gasteiger partial charge on any atom is 0.244 e. The van der Waals surface area contributed by atoms with Gasteiger partial charge in [-0.15, -0.1) is 0 Å². The Kier molecular flexibility index (Phi) is 10.2. The van der Waals surface area contributed by atoms with Crippen molar-refractivity contribution in [2.75, 3.05) is 23.7 Å². The fourth-order valence-corrected chi connectivity index (χ4v) is 4.63. The number of benzene rings is 2. The molecular weight excluding hydrogens is 513 g/mol. The van der Waals surface area contributed by atoms with Crippen LogP contribution in [0.2, 0.25) is 10.0 Å². The first-order valence-corrected chi connectivity index (χ1v) is 13.7. The predicted octanol–water partition coefficient (Wildman–Crippen LogP) is 4.10. The van der Waals surface area contributed by atoms with Gasteiger partial charge in [0.05, 0.1) is 18.6 Å². The molecule has 2 aromatic rings. The summed E-state index contributed by atoms with van der Waals surface area (Å²) < 4.78 is 31.6. The van der Waals surface area contributed by atoms with Crippen LogP contribution >= 0.6 is 23.2 Å². The fourth-order valence-electron chi connectivity index (χ4n) is 3.31. The lowest BCUT2D eigenvalue weighted by Crippen LogP contribution is -2.52. The lowest BCUT2D eigenvalue weighted by atomic mass is 10.1. The summed E-state index contributed by atoms with van der Waals surface area (Å²) in [6.45, 7) is 6.99. The molecule has 0 unspecified atom stereocenters. The van der Waals surface area contributed by atoms with E-state index in [4.69, 9.17) is 27.9 Å². The van der Waals surface area contributed by atoms with Gasteiger partial charge in [0.2, 0.25) is 21.8 Å². The second-order valence-electron chi connectivity index (χ2n) is 8.29. The Morgan fingerprint density at radius 1 is 1.06 bits per heavy atom. The number of ether oxygens (including phenoxy) is 1. The van der Waals surface area contributed by atoms with Crippen molar-refractivity contribution in [3.8, 4) is 5.75 Å². The molecule has 11 heteroatoms. The van der Waals surface area contributed by atoms with Gasteiger partial charge in [-0.25, -0.2) is 8.42 Å². The van der Waals surface area contributed by atoms with Crippen molar-refractivity contribution in [2.45, 2.75) is 46.3 Å². The number of hydrogen-bond acceptors (Lipinski definition) is 5. The SMILES string of the molecule is CCOc1ccc(N(CC(=O)N(Cc2ccc(Cl)cc2Cl)[C@@H](C)C(=O)NC(C)C)S(C)(=O)=O)cc1. The van der Waals surface area contributed by atoms with E-state index in [-0.39, 0.29) is 18.5 Å². The van der Waals surface area contributed by atoms with Gasteiger partial charge in [0.15, 0.2) is 0 Å². The highest BCUT2D eigenvalue weighted by Gasteiger charge is 2.30. The molecular formula is C24H31Cl2N3O5S. The molecule has 0 aliphatic rings. The third-order valence-corrected chi connectivity index (χ3v) is 6.80. The normalized spacial score (nSPS) is 12.2. The van der Waals surface area contributed by atoms with Crippen LogP contribution in [0.15, 0.2) is 42.5 Å². The molecule has 1 atom stereocenters. The van der Waals surface area contributed by atoms with Crippen LogP contribution in [0.5, 0.6) is 5.75 Å². The summed E-state index contributed by atoms with van der Waals surface area (Å²) >= 11 is 12.3. The molecule has 0 spiro atoms. The molecule has 2 aromatic carbocycles. The molecule has 0 fully saturated rings. The highest BCUT2D eigenvalue weighted by Crippen LogP contribution is 2.25. The van der Waals surface area contributed by atoms with Gasteiger partial charge in [0.25, 0.3) is 0 Å². The highest BCUT2D eigenvalue weighted by atomic mass is 35.5. The zero-order valence-corrected chi connectivity index (χ0v) is 22.7. The molecule has 2 amide bonds. The Balaban J connectivity index is 2.40. The molecule has 0 saturated carbocycles. The monoisotopic (exact) mass is 543 g/mol. The first kappa shape index (κ1) is 28.7. The molecule has 0 aliphatic carbocycles. The van der Waals surface area contributed by atoms with Crippen LogP contribution in [0, 0.1) is 0 Å². The van der Waals surface area contributed by atoms with Crippen LogP contribution in [0.3, 0.4) is 0 Å². The lowest BCUT2D eigenvalue weighted by Gasteiger charge is -2.32. The standard InChI is InChI=1S/C24H31Cl2N3O5S/c1-6-34-21-11-9-20(10-12-21)29(35(5,32)33)15-23(30)28(17(4)24(31)27-16(2)3)14-18-7-8-19(25)13-22(18)26/h7-13,16-17H,6,14-15H2,1-5H3,(H,27,31)/t17-/m0/s1. The summed E-state index contributed by atoms with van der Waals surface area (Å²) in [5.74, 6) is -0.360. The van der Waals surface area contributed by atoms with Crippen LogP contribution in [0.4, 0.5) is 5.69 Å². The van der Waals surface area contributed by atoms with Gasteiger partial charge in [0.1, 0.15) is 18.3 Å². The number of sulfonamides is 1. The first-order valence-electron chi connectivity index (χ1n) is 11.1. The number of rotatable bonds is 11. The van der Waals surface area contributed by atoms with E-state index in [0.717, 1.165) is 10.6 Å². The van der Waals surface area contributed by atoms with Gasteiger partial charge in [-0.1, -0.05) is 29.3 Å². The Labute approximate surface area is 217 Å². The van der Waals surface area contributed by atoms with E-state index >= 15 is 0 Å². The van der Waals surface area contributed by atoms with Crippen LogP contribution in [0.1, 0.15) is 33.3 Å². The van der Waals surface area contributed by atoms with E-state index in [2.05, 4.69) is 5.32 Å². The summed E-state index contributed by atoms with van der Waals surface area (Å²) in [4.78, 5) is 27.6. The number of hydrogen-bond donors (Lipinski definition) is 1. The fraction of sp³-hybridized carbons (Fsp3) is 0.417. The molecule has 2 rings (SSSR count). The summed E-state index contributed by atoms with van der Waals surface area (Å²) in [6, 6.07) is 10.2. The number of amides is 2. The van der Waals surface area contributed by atoms with E-state index in [1.165, 1.54) is 4.90 Å². The van der Waals surface area contributed by atoms with Gasteiger partial charge < -0.3 is 15.0 Å². The topological polar surface area (TPSA) is 96.0 Å². The quantitative estimate of drug-likeness (QED) is 0.460. The van der Waals surface area contributed by atoms with Crippen LogP contribution in [0.25, 0.3) is 0 Å². The predicted molar refractivity (Wildman–Crippen MR) is 140 cm³/mol. The molecule has 0 saturated heterocycles. The largest absolute Gasteiger partial charge is 0.494 e. The number of carbonyl (C=O) groups is 2. The third kappa shape index (κ3) is 8.30. The molecule has 0 heterocycles. The summed E-state index contributed by atoms with van der Waals surface area (Å²) in [7, 11) is -3.82. The Hall–Kier alpha value is -2.49. The van der Waals surface area contributed by atoms with Crippen molar-refractivity contribution in [1.29, 1.82) is 0 Å². The smallest absolute Gasteiger partial charge is 0.244 e. The molecule has 8 nitrogen and oxygen atoms in total. The first-order chi connectivity index (χ1) is 16.3. The minimum atomic E-state index is -3.82. The summed E-state index contributed by atoms with van der Waals surface area (Å²) in [6.07, 6.45) is 1.02. The van der Waals surface area contributed by atoms with Gasteiger partial charge >= 0.3 is 0 Å². The molecule has 192 valence electrons. The van der Waals surface area contributed by atoms with Crippen LogP contribution in [-0.2, 0) is 26.2 Å². The van der Waals surface area contributed by atoms with Crippen molar-refractivity contribution in [1.82, 2.24) is 10.2 Å². The van der Waals surface area contributed by atoms with E-state index in [1.807, 2.05) is 20.8 Å². The van der Waals surface area contributed by atoms with Crippen molar-refractivity contribution < 1.29 is 22.7 Å². The van der Waals surface area contributed by atoms with Crippen molar-refractivity contribution in [2.24, 2.45) is 0 Å². The molecule has 0 radical (unpaired) electrons. The van der Waals surface area contributed by atoms with Gasteiger partial charge in [-0.3, -0.25) is 13.9 Å². The minimum absolute atomic E-state index is 0.0115. The Morgan fingerprint density at radius 3 is 2.20 bits per heavy atom. The molecule has 35 heavy (non-hydrogen) atoms. The van der Waals surface area contributed by atoms with Crippen molar-refractivity contribution >= 4 is 50.7 Å². The molecule has 0 aromatic heterocycles. The summed E-state index contributed by atoms with van der Waals surface area (Å²) in [5.41, 5.74) is 0.869. The molecule has 0 bridgehead atoms. The van der Waals surface area contributed by atoms with Crippen LogP contribution < -0.4 is 14.4 Å². The number of nitrogens with zero attached hydrogens (tertiary/aromatic N) is 2. The number of nitrogens with one attached hydrogen (secondary N) is 1. The lowest BCUT2D eigenvalue weighted by molar-refractivity contribution is -0.139. The summed E-state index contributed by atoms with van der Waals surface area (Å²) in [5, 5.41) is 3.55. The molecule has 0 aliphatic heterocycles. The maximum atomic E-state index is 13.5. The van der Waals surface area contributed by atoms with Gasteiger partial charge in [-0.05, 0) is 69.7 Å². The van der Waals surface area contributed by atoms with Crippen molar-refractivity contribution in [3.05, 3.63) is 58.1 Å². The van der Waals surface area contributed by atoms with E-state index in [1.54, 1.807) is 49.4 Å². The maximum absolute atomic E-state index is 13.5. The molecule has 1 N–H and O–H groups in total. The number of carbonyl (C=O) groups excluding carboxylic acids is 2. The number of halogens is 2. The van der Waals surface area contributed by atoms with Gasteiger partial charge in [-0.2, -0.15) is 0 Å². The zero-order valence-electron chi connectivity index (χ0n) is 20.4. The highest BCUT2D eigenvalue weighted by molar-refractivity contribution is 7.92. The van der Waals surface area contributed by atoms with E-state index in [9.17, 15) is 18.0 Å². The third-order valence-electron chi connectivity index (χ3n) is 5.07. The van der Waals surface area contributed by atoms with Gasteiger partial charge in [0, 0.05) is 22.6 Å². The second kappa shape index (κ2) is 12.5. The average Bonchev–Trinajstić information content (AvgIpc) is 2.76. The van der Waals surface area contributed by atoms with E-state index in [0.29, 0.717) is 33.7 Å². The van der Waals surface area contributed by atoms with Crippen molar-refractivity contribution in [3.63, 3.8) is 0 Å². The Morgan fingerprint density at radius 2 is 1.69 bits per heavy atom.